The Kier molecular flexibility index (Phi) is 14.7. The SMILES string of the molecule is C1CCC(P(C2CCCC2)C2CCCC2)C1.O=S(=O)([O-])C(F)(F)F.[CH2-]C=CC.[Pd+2]. The van der Waals surface area contributed by atoms with E-state index in [9.17, 15) is 13.2 Å². The van der Waals surface area contributed by atoms with Crippen molar-refractivity contribution in [2.75, 3.05) is 0 Å². The number of allylic oxidation sites excluding steroid dienone is 2. The van der Waals surface area contributed by atoms with Crippen LogP contribution in [0.25, 0.3) is 0 Å². The van der Waals surface area contributed by atoms with Crippen molar-refractivity contribution in [3.8, 4) is 0 Å². The third-order valence-electron chi connectivity index (χ3n) is 5.76. The van der Waals surface area contributed by atoms with Gasteiger partial charge >= 0.3 is 25.9 Å². The molecular weight excluding hydrogens is 515 g/mol. The van der Waals surface area contributed by atoms with Gasteiger partial charge in [0.25, 0.3) is 0 Å². The van der Waals surface area contributed by atoms with Crippen LogP contribution >= 0.6 is 7.92 Å². The molecule has 3 nitrogen and oxygen atoms in total. The second-order valence-corrected chi connectivity index (χ2v) is 12.2. The first-order chi connectivity index (χ1) is 13.1. The van der Waals surface area contributed by atoms with E-state index in [0.717, 1.165) is 0 Å². The molecule has 0 aromatic carbocycles. The Bertz CT molecular complexity index is 510. The summed E-state index contributed by atoms with van der Waals surface area (Å²) in [5.74, 6) is 0. The first-order valence-electron chi connectivity index (χ1n) is 10.3. The summed E-state index contributed by atoms with van der Waals surface area (Å²) in [6, 6.07) is 0. The molecule has 0 aromatic heterocycles. The van der Waals surface area contributed by atoms with Gasteiger partial charge in [-0.25, -0.2) is 27.5 Å². The van der Waals surface area contributed by atoms with Crippen LogP contribution in [0.5, 0.6) is 0 Å². The summed E-state index contributed by atoms with van der Waals surface area (Å²) in [4.78, 5) is 0. The average Bonchev–Trinajstić information content (AvgIpc) is 3.39. The van der Waals surface area contributed by atoms with Gasteiger partial charge in [0.2, 0.25) is 0 Å². The van der Waals surface area contributed by atoms with Gasteiger partial charge in [0, 0.05) is 0 Å². The van der Waals surface area contributed by atoms with E-state index in [0.29, 0.717) is 7.92 Å². The minimum atomic E-state index is -6.09. The standard InChI is InChI=1S/C15H27P.C4H7.CHF3O3S.Pd/c1-2-8-13(7-1)16(14-9-3-4-10-14)15-11-5-6-12-15;1-3-4-2;2-1(3,4)8(5,6)7;/h13-15H,1-12H2;3-4H,1H2,2H3;(H,5,6,7);/q;-1;;+2/p-1. The van der Waals surface area contributed by atoms with Crippen LogP contribution in [0.4, 0.5) is 13.2 Å². The van der Waals surface area contributed by atoms with Crippen molar-refractivity contribution in [3.05, 3.63) is 19.1 Å². The summed E-state index contributed by atoms with van der Waals surface area (Å²) in [6.45, 7) is 5.36. The van der Waals surface area contributed by atoms with E-state index < -0.39 is 15.6 Å². The maximum Gasteiger partial charge on any atom is 2.00 e. The molecule has 0 unspecified atom stereocenters. The summed E-state index contributed by atoms with van der Waals surface area (Å²) >= 11 is 0. The predicted octanol–water partition coefficient (Wildman–Crippen LogP) is 6.74. The van der Waals surface area contributed by atoms with Crippen LogP contribution in [0.1, 0.15) is 84.0 Å². The summed E-state index contributed by atoms with van der Waals surface area (Å²) in [5.41, 5.74) is -2.02. The van der Waals surface area contributed by atoms with E-state index in [2.05, 4.69) is 6.92 Å². The van der Waals surface area contributed by atoms with Crippen LogP contribution in [0.2, 0.25) is 0 Å². The van der Waals surface area contributed by atoms with Crippen molar-refractivity contribution in [2.45, 2.75) is 106 Å². The first-order valence-corrected chi connectivity index (χ1v) is 13.3. The fourth-order valence-electron chi connectivity index (χ4n) is 4.50. The maximum absolute atomic E-state index is 10.7. The second-order valence-electron chi connectivity index (χ2n) is 7.73. The van der Waals surface area contributed by atoms with Gasteiger partial charge in [-0.05, 0) is 55.5 Å². The third kappa shape index (κ3) is 10.5. The van der Waals surface area contributed by atoms with Crippen molar-refractivity contribution in [2.24, 2.45) is 0 Å². The van der Waals surface area contributed by atoms with E-state index >= 15 is 0 Å². The molecule has 3 aliphatic rings. The Morgan fingerprint density at radius 1 is 0.862 bits per heavy atom. The minimum absolute atomic E-state index is 0. The fraction of sp³-hybridized carbons (Fsp3) is 0.850. The average molecular weight is 549 g/mol. The molecule has 174 valence electrons. The van der Waals surface area contributed by atoms with E-state index in [1.807, 2.05) is 13.0 Å². The van der Waals surface area contributed by atoms with E-state index in [-0.39, 0.29) is 20.4 Å². The van der Waals surface area contributed by atoms with Gasteiger partial charge in [-0.1, -0.05) is 46.4 Å². The number of alkyl halides is 3. The summed E-state index contributed by atoms with van der Waals surface area (Å²) in [5, 5.41) is 0. The molecule has 0 atom stereocenters. The molecule has 3 fully saturated rings. The van der Waals surface area contributed by atoms with Gasteiger partial charge in [0.15, 0.2) is 10.1 Å². The number of rotatable bonds is 3. The smallest absolute Gasteiger partial charge is 0.741 e. The molecule has 0 spiro atoms. The topological polar surface area (TPSA) is 57.2 Å². The quantitative estimate of drug-likeness (QED) is 0.129. The molecule has 0 N–H and O–H groups in total. The molecule has 3 saturated carbocycles. The number of halogens is 3. The summed E-state index contributed by atoms with van der Waals surface area (Å²) in [7, 11) is -5.65. The Labute approximate surface area is 189 Å². The van der Waals surface area contributed by atoms with Crippen molar-refractivity contribution >= 4 is 18.0 Å². The van der Waals surface area contributed by atoms with Gasteiger partial charge < -0.3 is 4.55 Å². The molecule has 0 amide bonds. The molecule has 0 aromatic rings. The molecule has 0 heterocycles. The largest absolute Gasteiger partial charge is 2.00 e. The van der Waals surface area contributed by atoms with Crippen LogP contribution < -0.4 is 0 Å². The zero-order chi connectivity index (χ0) is 21.2. The van der Waals surface area contributed by atoms with Crippen LogP contribution in [-0.2, 0) is 30.5 Å². The maximum atomic E-state index is 10.7. The molecule has 29 heavy (non-hydrogen) atoms. The molecule has 3 rings (SSSR count). The molecular formula is C20H34F3O3PPdS. The Balaban J connectivity index is 0.000000515. The van der Waals surface area contributed by atoms with Crippen LogP contribution in [0, 0.1) is 6.92 Å². The van der Waals surface area contributed by atoms with Crippen LogP contribution in [0.15, 0.2) is 12.2 Å². The van der Waals surface area contributed by atoms with Gasteiger partial charge in [-0.15, -0.1) is 6.92 Å². The van der Waals surface area contributed by atoms with Gasteiger partial charge in [0.05, 0.1) is 0 Å². The van der Waals surface area contributed by atoms with E-state index in [1.165, 1.54) is 17.0 Å². The normalized spacial score (nSPS) is 21.6. The zero-order valence-electron chi connectivity index (χ0n) is 17.1. The van der Waals surface area contributed by atoms with E-state index in [4.69, 9.17) is 13.0 Å². The predicted molar refractivity (Wildman–Crippen MR) is 110 cm³/mol. The van der Waals surface area contributed by atoms with Crippen molar-refractivity contribution < 1.29 is 46.6 Å². The zero-order valence-corrected chi connectivity index (χ0v) is 20.4. The van der Waals surface area contributed by atoms with E-state index in [1.54, 1.807) is 83.1 Å². The molecule has 0 saturated heterocycles. The van der Waals surface area contributed by atoms with Gasteiger partial charge in [-0.2, -0.15) is 13.2 Å². The minimum Gasteiger partial charge on any atom is -0.741 e. The van der Waals surface area contributed by atoms with Crippen LogP contribution in [-0.4, -0.2) is 35.5 Å². The van der Waals surface area contributed by atoms with Crippen molar-refractivity contribution in [3.63, 3.8) is 0 Å². The number of hydrogen-bond acceptors (Lipinski definition) is 3. The molecule has 9 heteroatoms. The molecule has 0 aliphatic heterocycles. The summed E-state index contributed by atoms with van der Waals surface area (Å²) in [6.07, 6.45) is 22.6. The second kappa shape index (κ2) is 14.5. The third-order valence-corrected chi connectivity index (χ3v) is 10.4. The molecule has 3 aliphatic carbocycles. The van der Waals surface area contributed by atoms with Crippen LogP contribution in [0.3, 0.4) is 0 Å². The molecule has 0 radical (unpaired) electrons. The Morgan fingerprint density at radius 2 is 1.07 bits per heavy atom. The summed E-state index contributed by atoms with van der Waals surface area (Å²) < 4.78 is 58.9. The molecule has 0 bridgehead atoms. The Hall–Kier alpha value is 0.402. The monoisotopic (exact) mass is 548 g/mol. The first kappa shape index (κ1) is 29.4. The van der Waals surface area contributed by atoms with Gasteiger partial charge in [0.1, 0.15) is 0 Å². The fourth-order valence-corrected chi connectivity index (χ4v) is 9.17. The van der Waals surface area contributed by atoms with Crippen molar-refractivity contribution in [1.29, 1.82) is 0 Å². The van der Waals surface area contributed by atoms with Crippen molar-refractivity contribution in [1.82, 2.24) is 0 Å². The van der Waals surface area contributed by atoms with Gasteiger partial charge in [-0.3, -0.25) is 0 Å². The number of hydrogen-bond donors (Lipinski definition) is 0. The Morgan fingerprint density at radius 3 is 1.21 bits per heavy atom.